The minimum atomic E-state index is -0.0222. The van der Waals surface area contributed by atoms with E-state index in [2.05, 4.69) is 11.1 Å². The van der Waals surface area contributed by atoms with Gasteiger partial charge in [0.15, 0.2) is 11.2 Å². The number of phenolic OH excluding ortho intramolecular Hbond substituents is 1. The molecule has 0 unspecified atom stereocenters. The quantitative estimate of drug-likeness (QED) is 0.417. The Morgan fingerprint density at radius 3 is 2.27 bits per heavy atom. The van der Waals surface area contributed by atoms with Crippen LogP contribution < -0.4 is 5.43 Å². The number of fused-ring (bicyclic) bond motifs is 2. The van der Waals surface area contributed by atoms with Crippen LogP contribution >= 0.6 is 0 Å². The van der Waals surface area contributed by atoms with E-state index in [-0.39, 0.29) is 58.1 Å². The standard InChI is InChI=1S/C17H16NO3.Yb/c1-7-6-12(19)10(4)16-13(7)18-14-8(2)9(3)15(20)11(5)17(14)21-16;/h19H,1-5H3;/q-1;. The van der Waals surface area contributed by atoms with Crippen molar-refractivity contribution >= 4 is 11.1 Å². The number of aromatic hydroxyl groups is 1. The monoisotopic (exact) mass is 456 g/mol. The van der Waals surface area contributed by atoms with Gasteiger partial charge in [0.05, 0.1) is 11.3 Å². The van der Waals surface area contributed by atoms with Gasteiger partial charge in [-0.05, 0) is 31.9 Å². The Morgan fingerprint density at radius 1 is 1.00 bits per heavy atom. The predicted molar refractivity (Wildman–Crippen MR) is 81.1 cm³/mol. The topological polar surface area (TPSA) is 63.3 Å². The molecule has 0 radical (unpaired) electrons. The van der Waals surface area contributed by atoms with E-state index in [9.17, 15) is 9.90 Å². The van der Waals surface area contributed by atoms with Gasteiger partial charge in [-0.3, -0.25) is 4.79 Å². The fourth-order valence-electron chi connectivity index (χ4n) is 2.60. The average Bonchev–Trinajstić information content (AvgIpc) is 2.47. The summed E-state index contributed by atoms with van der Waals surface area (Å²) < 4.78 is 5.94. The molecule has 1 N–H and O–H groups in total. The third-order valence-corrected chi connectivity index (χ3v) is 4.15. The predicted octanol–water partition coefficient (Wildman–Crippen LogP) is 3.34. The molecule has 0 fully saturated rings. The minimum absolute atomic E-state index is 0. The van der Waals surface area contributed by atoms with Gasteiger partial charge in [0.1, 0.15) is 0 Å². The molecule has 2 aliphatic rings. The molecule has 1 aromatic carbocycles. The molecule has 0 saturated heterocycles. The van der Waals surface area contributed by atoms with E-state index in [0.29, 0.717) is 39.2 Å². The molecule has 0 amide bonds. The van der Waals surface area contributed by atoms with Crippen LogP contribution in [0.1, 0.15) is 27.8 Å². The summed E-state index contributed by atoms with van der Waals surface area (Å²) in [6.07, 6.45) is 0. The number of aryl methyl sites for hydroxylation is 2. The van der Waals surface area contributed by atoms with E-state index >= 15 is 0 Å². The zero-order chi connectivity index (χ0) is 15.5. The van der Waals surface area contributed by atoms with E-state index in [4.69, 9.17) is 4.42 Å². The number of nitrogens with zero attached hydrogens (tertiary/aromatic N) is 1. The second kappa shape index (κ2) is 5.99. The summed E-state index contributed by atoms with van der Waals surface area (Å²) in [6.45, 7) is 8.99. The molecule has 3 rings (SSSR count). The number of phenols is 1. The van der Waals surface area contributed by atoms with Crippen LogP contribution in [-0.2, 0) is 0 Å². The fourth-order valence-corrected chi connectivity index (χ4v) is 2.60. The second-order valence-electron chi connectivity index (χ2n) is 5.50. The van der Waals surface area contributed by atoms with Crippen LogP contribution in [0.4, 0.5) is 0 Å². The van der Waals surface area contributed by atoms with Crippen LogP contribution in [0.5, 0.6) is 5.75 Å². The van der Waals surface area contributed by atoms with Gasteiger partial charge in [-0.15, -0.1) is 11.6 Å². The van der Waals surface area contributed by atoms with Gasteiger partial charge in [-0.1, -0.05) is 19.4 Å². The SMILES string of the molecule is Cc1c2nc3c(C)[c-]c(O)c(C)c3oc-2c(C)c(=O)c1C.[Yb]. The normalized spacial score (nSPS) is 11.0. The van der Waals surface area contributed by atoms with E-state index in [1.807, 2.05) is 13.8 Å². The van der Waals surface area contributed by atoms with Gasteiger partial charge < -0.3 is 14.5 Å². The number of hydrogen-bond acceptors (Lipinski definition) is 4. The number of rotatable bonds is 0. The van der Waals surface area contributed by atoms with Crippen LogP contribution in [0.25, 0.3) is 22.6 Å². The maximum atomic E-state index is 12.2. The van der Waals surface area contributed by atoms with Crippen LogP contribution in [0.2, 0.25) is 0 Å². The van der Waals surface area contributed by atoms with Crippen molar-refractivity contribution in [2.45, 2.75) is 34.6 Å². The summed E-state index contributed by atoms with van der Waals surface area (Å²) in [6, 6.07) is 2.88. The molecule has 1 aliphatic heterocycles. The zero-order valence-corrected chi connectivity index (χ0v) is 14.7. The van der Waals surface area contributed by atoms with E-state index in [1.54, 1.807) is 20.8 Å². The van der Waals surface area contributed by atoms with E-state index in [1.165, 1.54) is 0 Å². The summed E-state index contributed by atoms with van der Waals surface area (Å²) in [7, 11) is 0. The summed E-state index contributed by atoms with van der Waals surface area (Å²) in [5, 5.41) is 9.89. The minimum Gasteiger partial charge on any atom is -0.534 e. The Balaban J connectivity index is 0.00000176. The Morgan fingerprint density at radius 2 is 1.64 bits per heavy atom. The number of benzene rings is 2. The van der Waals surface area contributed by atoms with Crippen molar-refractivity contribution in [1.82, 2.24) is 4.98 Å². The Kier molecular flexibility index (Phi) is 4.77. The Labute approximate surface area is 167 Å². The number of hydrogen-bond donors (Lipinski definition) is 1. The molecule has 22 heavy (non-hydrogen) atoms. The summed E-state index contributed by atoms with van der Waals surface area (Å²) in [5.41, 5.74) is 5.21. The second-order valence-corrected chi connectivity index (χ2v) is 5.50. The molecule has 5 heteroatoms. The molecule has 0 bridgehead atoms. The first-order chi connectivity index (χ1) is 9.82. The van der Waals surface area contributed by atoms with Gasteiger partial charge in [-0.2, -0.15) is 0 Å². The first-order valence-electron chi connectivity index (χ1n) is 6.78. The molecule has 0 spiro atoms. The van der Waals surface area contributed by atoms with Gasteiger partial charge in [0.2, 0.25) is 0 Å². The Bertz CT molecular complexity index is 928. The zero-order valence-electron chi connectivity index (χ0n) is 13.0. The molecule has 4 nitrogen and oxygen atoms in total. The third-order valence-electron chi connectivity index (χ3n) is 4.15. The van der Waals surface area contributed by atoms with E-state index < -0.39 is 0 Å². The van der Waals surface area contributed by atoms with Crippen molar-refractivity contribution in [3.05, 3.63) is 44.1 Å². The summed E-state index contributed by atoms with van der Waals surface area (Å²) >= 11 is 0. The Hall–Kier alpha value is -0.841. The van der Waals surface area contributed by atoms with Crippen LogP contribution in [0.15, 0.2) is 9.21 Å². The maximum absolute atomic E-state index is 12.2. The summed E-state index contributed by atoms with van der Waals surface area (Å²) in [4.78, 5) is 16.9. The van der Waals surface area contributed by atoms with Gasteiger partial charge >= 0.3 is 0 Å². The first kappa shape index (κ1) is 17.5. The van der Waals surface area contributed by atoms with Crippen LogP contribution in [0.3, 0.4) is 0 Å². The number of aromatic nitrogens is 1. The third kappa shape index (κ3) is 2.41. The van der Waals surface area contributed by atoms with Crippen molar-refractivity contribution in [3.8, 4) is 17.2 Å². The molecule has 0 aromatic heterocycles. The average molecular weight is 455 g/mol. The first-order valence-corrected chi connectivity index (χ1v) is 6.78. The maximum Gasteiger partial charge on any atom is 0.188 e. The van der Waals surface area contributed by atoms with Crippen molar-refractivity contribution in [2.24, 2.45) is 0 Å². The van der Waals surface area contributed by atoms with Crippen molar-refractivity contribution < 1.29 is 56.4 Å². The van der Waals surface area contributed by atoms with E-state index in [0.717, 1.165) is 11.1 Å². The van der Waals surface area contributed by atoms with Gasteiger partial charge in [-0.25, -0.2) is 0 Å². The molecule has 0 atom stereocenters. The van der Waals surface area contributed by atoms with Crippen molar-refractivity contribution in [1.29, 1.82) is 0 Å². The van der Waals surface area contributed by atoms with Crippen LogP contribution in [0, 0.1) is 87.6 Å². The molecule has 1 aliphatic carbocycles. The van der Waals surface area contributed by atoms with Crippen LogP contribution in [-0.4, -0.2) is 10.1 Å². The van der Waals surface area contributed by atoms with Gasteiger partial charge in [0, 0.05) is 63.8 Å². The molecular weight excluding hydrogens is 439 g/mol. The molecular formula is C17H16NO3Yb-. The smallest absolute Gasteiger partial charge is 0.188 e. The molecule has 0 saturated carbocycles. The largest absolute Gasteiger partial charge is 0.534 e. The van der Waals surface area contributed by atoms with Gasteiger partial charge in [0.25, 0.3) is 0 Å². The van der Waals surface area contributed by atoms with Crippen molar-refractivity contribution in [2.75, 3.05) is 0 Å². The molecule has 122 valence electrons. The van der Waals surface area contributed by atoms with Crippen molar-refractivity contribution in [3.63, 3.8) is 0 Å². The summed E-state index contributed by atoms with van der Waals surface area (Å²) in [5.74, 6) is 0.539. The fraction of sp³-hybridized carbons (Fsp3) is 0.294. The molecule has 1 heterocycles. The molecule has 1 aromatic rings.